The monoisotopic (exact) mass is 170 g/mol. The third-order valence-electron chi connectivity index (χ3n) is 1.50. The molecule has 1 atom stereocenters. The van der Waals surface area contributed by atoms with E-state index in [1.807, 2.05) is 12.3 Å². The lowest BCUT2D eigenvalue weighted by Gasteiger charge is -1.99. The van der Waals surface area contributed by atoms with Crippen LogP contribution in [0.5, 0.6) is 0 Å². The number of nitrogens with zero attached hydrogens (tertiary/aromatic N) is 1. The fourth-order valence-corrected chi connectivity index (χ4v) is 1.71. The van der Waals surface area contributed by atoms with Crippen molar-refractivity contribution in [2.75, 3.05) is 0 Å². The first-order valence-electron chi connectivity index (χ1n) is 3.82. The Morgan fingerprint density at radius 1 is 1.45 bits per heavy atom. The smallest absolute Gasteiger partial charge is 0.0954 e. The van der Waals surface area contributed by atoms with Gasteiger partial charge in [0.15, 0.2) is 0 Å². The molecule has 0 spiro atoms. The average molecular weight is 170 g/mol. The van der Waals surface area contributed by atoms with Gasteiger partial charge < -0.3 is 5.73 Å². The lowest BCUT2D eigenvalue weighted by atomic mass is 10.2. The largest absolute Gasteiger partial charge is 0.323 e. The van der Waals surface area contributed by atoms with Gasteiger partial charge in [-0.1, -0.05) is 13.8 Å². The van der Waals surface area contributed by atoms with Crippen molar-refractivity contribution in [1.82, 2.24) is 4.98 Å². The van der Waals surface area contributed by atoms with E-state index in [-0.39, 0.29) is 6.04 Å². The summed E-state index contributed by atoms with van der Waals surface area (Å²) in [5, 5.41) is 3.22. The number of aromatic nitrogens is 1. The van der Waals surface area contributed by atoms with E-state index < -0.39 is 0 Å². The fraction of sp³-hybridized carbons (Fsp3) is 0.625. The van der Waals surface area contributed by atoms with Crippen molar-refractivity contribution >= 4 is 11.3 Å². The molecule has 1 aromatic heterocycles. The molecule has 0 unspecified atom stereocenters. The Balaban J connectivity index is 2.82. The second kappa shape index (κ2) is 3.32. The Labute approximate surface area is 71.5 Å². The zero-order valence-electron chi connectivity index (χ0n) is 7.16. The van der Waals surface area contributed by atoms with Crippen LogP contribution in [0.1, 0.15) is 43.4 Å². The highest BCUT2D eigenvalue weighted by Crippen LogP contribution is 2.21. The summed E-state index contributed by atoms with van der Waals surface area (Å²) in [5.41, 5.74) is 6.68. The molecule has 0 bridgehead atoms. The molecule has 1 heterocycles. The minimum atomic E-state index is 0.0683. The lowest BCUT2D eigenvalue weighted by Crippen LogP contribution is -2.05. The van der Waals surface area contributed by atoms with Crippen LogP contribution in [0, 0.1) is 0 Å². The molecular formula is C8H14N2S. The van der Waals surface area contributed by atoms with Gasteiger partial charge in [0, 0.05) is 17.3 Å². The van der Waals surface area contributed by atoms with E-state index in [1.165, 1.54) is 5.01 Å². The molecule has 11 heavy (non-hydrogen) atoms. The van der Waals surface area contributed by atoms with Crippen LogP contribution in [0.15, 0.2) is 5.38 Å². The topological polar surface area (TPSA) is 38.9 Å². The molecule has 2 nitrogen and oxygen atoms in total. The van der Waals surface area contributed by atoms with Crippen LogP contribution in [-0.2, 0) is 0 Å². The van der Waals surface area contributed by atoms with E-state index in [1.54, 1.807) is 11.3 Å². The summed E-state index contributed by atoms with van der Waals surface area (Å²) in [5.74, 6) is 0.521. The quantitative estimate of drug-likeness (QED) is 0.739. The van der Waals surface area contributed by atoms with Crippen LogP contribution in [0.3, 0.4) is 0 Å². The minimum Gasteiger partial charge on any atom is -0.323 e. The summed E-state index contributed by atoms with van der Waals surface area (Å²) >= 11 is 1.69. The summed E-state index contributed by atoms with van der Waals surface area (Å²) in [6.45, 7) is 6.24. The minimum absolute atomic E-state index is 0.0683. The van der Waals surface area contributed by atoms with Crippen molar-refractivity contribution in [3.05, 3.63) is 16.1 Å². The normalized spacial score (nSPS) is 13.9. The van der Waals surface area contributed by atoms with Crippen LogP contribution in [0.2, 0.25) is 0 Å². The van der Waals surface area contributed by atoms with Crippen LogP contribution < -0.4 is 5.73 Å². The predicted molar refractivity (Wildman–Crippen MR) is 48.8 cm³/mol. The molecule has 0 aromatic carbocycles. The van der Waals surface area contributed by atoms with Crippen molar-refractivity contribution in [3.63, 3.8) is 0 Å². The second-order valence-electron chi connectivity index (χ2n) is 3.05. The van der Waals surface area contributed by atoms with Crippen LogP contribution >= 0.6 is 11.3 Å². The van der Waals surface area contributed by atoms with Gasteiger partial charge in [-0.3, -0.25) is 0 Å². The van der Waals surface area contributed by atoms with E-state index >= 15 is 0 Å². The van der Waals surface area contributed by atoms with E-state index in [2.05, 4.69) is 18.8 Å². The number of rotatable bonds is 2. The Morgan fingerprint density at radius 3 is 2.36 bits per heavy atom. The Hall–Kier alpha value is -0.410. The van der Waals surface area contributed by atoms with Gasteiger partial charge in [0.1, 0.15) is 0 Å². The molecule has 3 heteroatoms. The predicted octanol–water partition coefficient (Wildman–Crippen LogP) is 2.29. The molecule has 1 aromatic rings. The summed E-state index contributed by atoms with van der Waals surface area (Å²) < 4.78 is 0. The van der Waals surface area contributed by atoms with E-state index in [0.29, 0.717) is 5.92 Å². The SMILES string of the molecule is CC(C)c1nc([C@H](C)N)cs1. The Morgan fingerprint density at radius 2 is 2.09 bits per heavy atom. The number of hydrogen-bond donors (Lipinski definition) is 1. The highest BCUT2D eigenvalue weighted by atomic mass is 32.1. The summed E-state index contributed by atoms with van der Waals surface area (Å²) in [7, 11) is 0. The first-order chi connectivity index (χ1) is 5.11. The van der Waals surface area contributed by atoms with Gasteiger partial charge in [0.05, 0.1) is 10.7 Å². The maximum absolute atomic E-state index is 5.67. The third-order valence-corrected chi connectivity index (χ3v) is 2.66. The zero-order chi connectivity index (χ0) is 8.43. The summed E-state index contributed by atoms with van der Waals surface area (Å²) in [6.07, 6.45) is 0. The van der Waals surface area contributed by atoms with Gasteiger partial charge in [-0.2, -0.15) is 0 Å². The van der Waals surface area contributed by atoms with Crippen molar-refractivity contribution in [3.8, 4) is 0 Å². The zero-order valence-corrected chi connectivity index (χ0v) is 7.98. The molecule has 0 fully saturated rings. The molecular weight excluding hydrogens is 156 g/mol. The average Bonchev–Trinajstić information content (AvgIpc) is 2.33. The Bertz CT molecular complexity index is 205. The van der Waals surface area contributed by atoms with Crippen LogP contribution in [-0.4, -0.2) is 4.98 Å². The standard InChI is InChI=1S/C8H14N2S/c1-5(2)8-10-7(4-11-8)6(3)9/h4-6H,9H2,1-3H3/t6-/m0/s1. The maximum Gasteiger partial charge on any atom is 0.0954 e. The van der Waals surface area contributed by atoms with Crippen molar-refractivity contribution in [1.29, 1.82) is 0 Å². The second-order valence-corrected chi connectivity index (χ2v) is 3.94. The summed E-state index contributed by atoms with van der Waals surface area (Å²) in [4.78, 5) is 4.40. The molecule has 0 aliphatic rings. The van der Waals surface area contributed by atoms with Gasteiger partial charge >= 0.3 is 0 Å². The maximum atomic E-state index is 5.67. The van der Waals surface area contributed by atoms with Crippen LogP contribution in [0.25, 0.3) is 0 Å². The number of nitrogens with two attached hydrogens (primary N) is 1. The van der Waals surface area contributed by atoms with Gasteiger partial charge in [-0.15, -0.1) is 11.3 Å². The lowest BCUT2D eigenvalue weighted by molar-refractivity contribution is 0.765. The molecule has 0 aliphatic heterocycles. The first-order valence-corrected chi connectivity index (χ1v) is 4.70. The number of thiazole rings is 1. The van der Waals surface area contributed by atoms with E-state index in [0.717, 1.165) is 5.69 Å². The van der Waals surface area contributed by atoms with Gasteiger partial charge in [0.2, 0.25) is 0 Å². The molecule has 0 aliphatic carbocycles. The van der Waals surface area contributed by atoms with Gasteiger partial charge in [0.25, 0.3) is 0 Å². The fourth-order valence-electron chi connectivity index (χ4n) is 0.775. The third kappa shape index (κ3) is 2.01. The summed E-state index contributed by atoms with van der Waals surface area (Å²) in [6, 6.07) is 0.0683. The highest BCUT2D eigenvalue weighted by molar-refractivity contribution is 7.09. The molecule has 2 N–H and O–H groups in total. The first kappa shape index (κ1) is 8.68. The number of hydrogen-bond acceptors (Lipinski definition) is 3. The van der Waals surface area contributed by atoms with Gasteiger partial charge in [-0.05, 0) is 6.92 Å². The van der Waals surface area contributed by atoms with E-state index in [4.69, 9.17) is 5.73 Å². The van der Waals surface area contributed by atoms with Crippen LogP contribution in [0.4, 0.5) is 0 Å². The molecule has 1 rings (SSSR count). The Kier molecular flexibility index (Phi) is 2.62. The van der Waals surface area contributed by atoms with Crippen molar-refractivity contribution in [2.45, 2.75) is 32.7 Å². The molecule has 0 radical (unpaired) electrons. The molecule has 62 valence electrons. The van der Waals surface area contributed by atoms with Crippen molar-refractivity contribution < 1.29 is 0 Å². The van der Waals surface area contributed by atoms with E-state index in [9.17, 15) is 0 Å². The molecule has 0 amide bonds. The molecule has 0 saturated heterocycles. The highest BCUT2D eigenvalue weighted by Gasteiger charge is 2.07. The van der Waals surface area contributed by atoms with Gasteiger partial charge in [-0.25, -0.2) is 4.98 Å². The van der Waals surface area contributed by atoms with Crippen molar-refractivity contribution in [2.24, 2.45) is 5.73 Å². The molecule has 0 saturated carbocycles.